The predicted molar refractivity (Wildman–Crippen MR) is 98.3 cm³/mol. The zero-order chi connectivity index (χ0) is 15.1. The lowest BCUT2D eigenvalue weighted by Crippen LogP contribution is -2.32. The van der Waals surface area contributed by atoms with Crippen LogP contribution < -0.4 is 15.4 Å². The van der Waals surface area contributed by atoms with Crippen LogP contribution in [0.3, 0.4) is 0 Å². The van der Waals surface area contributed by atoms with Crippen molar-refractivity contribution >= 4 is 41.6 Å². The summed E-state index contributed by atoms with van der Waals surface area (Å²) in [7, 11) is 1.63. The van der Waals surface area contributed by atoms with Crippen molar-refractivity contribution in [2.75, 3.05) is 26.7 Å². The van der Waals surface area contributed by atoms with Gasteiger partial charge in [0.15, 0.2) is 0 Å². The molecule has 0 saturated heterocycles. The number of hydrogen-bond acceptors (Lipinski definition) is 4. The molecule has 0 aliphatic heterocycles. The van der Waals surface area contributed by atoms with Crippen LogP contribution >= 0.6 is 24.8 Å². The van der Waals surface area contributed by atoms with Crippen LogP contribution in [-0.2, 0) is 0 Å². The highest BCUT2D eigenvalue weighted by Gasteiger charge is 2.07. The number of nitrogens with zero attached hydrogens (tertiary/aromatic N) is 1. The lowest BCUT2D eigenvalue weighted by Gasteiger charge is -2.07. The maximum atomic E-state index is 12.0. The summed E-state index contributed by atoms with van der Waals surface area (Å²) >= 11 is 0. The van der Waals surface area contributed by atoms with Gasteiger partial charge in [0.1, 0.15) is 11.4 Å². The van der Waals surface area contributed by atoms with Crippen LogP contribution in [-0.4, -0.2) is 37.6 Å². The number of carbonyl (C=O) groups is 1. The van der Waals surface area contributed by atoms with E-state index in [0.29, 0.717) is 12.2 Å². The molecule has 0 atom stereocenters. The molecule has 0 saturated carbocycles. The number of aromatic nitrogens is 1. The zero-order valence-electron chi connectivity index (χ0n) is 13.3. The van der Waals surface area contributed by atoms with Gasteiger partial charge in [-0.05, 0) is 37.2 Å². The Morgan fingerprint density at radius 1 is 1.13 bits per heavy atom. The van der Waals surface area contributed by atoms with Gasteiger partial charge in [-0.1, -0.05) is 13.0 Å². The number of fused-ring (bicyclic) bond motifs is 1. The first-order chi connectivity index (χ1) is 10.2. The molecule has 5 nitrogen and oxygen atoms in total. The average Bonchev–Trinajstić information content (AvgIpc) is 2.53. The summed E-state index contributed by atoms with van der Waals surface area (Å²) < 4.78 is 5.17. The molecule has 128 valence electrons. The van der Waals surface area contributed by atoms with Gasteiger partial charge < -0.3 is 15.4 Å². The number of rotatable bonds is 7. The Bertz CT molecular complexity index is 623. The lowest BCUT2D eigenvalue weighted by atomic mass is 10.2. The predicted octanol–water partition coefficient (Wildman–Crippen LogP) is 2.82. The topological polar surface area (TPSA) is 63.2 Å². The molecule has 0 unspecified atom stereocenters. The fraction of sp³-hybridized carbons (Fsp3) is 0.375. The third kappa shape index (κ3) is 6.22. The molecular weight excluding hydrogens is 337 g/mol. The van der Waals surface area contributed by atoms with E-state index in [1.54, 1.807) is 13.2 Å². The molecule has 0 fully saturated rings. The third-order valence-corrected chi connectivity index (χ3v) is 3.14. The van der Waals surface area contributed by atoms with Crippen molar-refractivity contribution < 1.29 is 9.53 Å². The molecule has 2 aromatic rings. The largest absolute Gasteiger partial charge is 0.497 e. The molecule has 23 heavy (non-hydrogen) atoms. The molecule has 0 aliphatic carbocycles. The average molecular weight is 360 g/mol. The van der Waals surface area contributed by atoms with Crippen LogP contribution in [0.5, 0.6) is 5.75 Å². The summed E-state index contributed by atoms with van der Waals surface area (Å²) in [6.07, 6.45) is 1.09. The van der Waals surface area contributed by atoms with Gasteiger partial charge in [-0.25, -0.2) is 4.98 Å². The molecule has 1 heterocycles. The molecule has 1 aromatic heterocycles. The van der Waals surface area contributed by atoms with Gasteiger partial charge in [0.2, 0.25) is 0 Å². The van der Waals surface area contributed by atoms with Crippen LogP contribution in [0.15, 0.2) is 30.3 Å². The van der Waals surface area contributed by atoms with E-state index in [9.17, 15) is 4.79 Å². The van der Waals surface area contributed by atoms with Gasteiger partial charge in [-0.2, -0.15) is 0 Å². The SMILES string of the molecule is CCCNCCNC(=O)c1ccc2cc(OC)ccc2n1.Cl.Cl. The molecule has 0 radical (unpaired) electrons. The standard InChI is InChI=1S/C16H21N3O2.2ClH/c1-3-8-17-9-10-18-16(20)15-6-4-12-11-13(21-2)5-7-14(12)19-15;;/h4-7,11,17H,3,8-10H2,1-2H3,(H,18,20);2*1H. The minimum atomic E-state index is -0.147. The lowest BCUT2D eigenvalue weighted by molar-refractivity contribution is 0.0949. The first kappa shape index (κ1) is 21.4. The summed E-state index contributed by atoms with van der Waals surface area (Å²) in [5, 5.41) is 7.05. The number of benzene rings is 1. The Hall–Kier alpha value is -1.56. The smallest absolute Gasteiger partial charge is 0.269 e. The Balaban J connectivity index is 0.00000242. The highest BCUT2D eigenvalue weighted by molar-refractivity contribution is 5.95. The van der Waals surface area contributed by atoms with E-state index < -0.39 is 0 Å². The Labute approximate surface area is 149 Å². The number of amides is 1. The number of halogens is 2. The fourth-order valence-corrected chi connectivity index (χ4v) is 2.01. The minimum Gasteiger partial charge on any atom is -0.497 e. The maximum Gasteiger partial charge on any atom is 0.269 e. The highest BCUT2D eigenvalue weighted by atomic mass is 35.5. The maximum absolute atomic E-state index is 12.0. The van der Waals surface area contributed by atoms with Crippen molar-refractivity contribution in [1.29, 1.82) is 0 Å². The molecule has 0 spiro atoms. The quantitative estimate of drug-likeness (QED) is 0.746. The first-order valence-corrected chi connectivity index (χ1v) is 7.18. The second kappa shape index (κ2) is 11.0. The summed E-state index contributed by atoms with van der Waals surface area (Å²) in [6, 6.07) is 9.21. The van der Waals surface area contributed by atoms with Crippen LogP contribution in [0.2, 0.25) is 0 Å². The molecule has 2 N–H and O–H groups in total. The molecule has 1 amide bonds. The second-order valence-electron chi connectivity index (χ2n) is 4.76. The molecular formula is C16H23Cl2N3O2. The number of methoxy groups -OCH3 is 1. The van der Waals surface area contributed by atoms with Crippen LogP contribution in [0.4, 0.5) is 0 Å². The number of nitrogens with one attached hydrogen (secondary N) is 2. The summed E-state index contributed by atoms with van der Waals surface area (Å²) in [5.74, 6) is 0.634. The van der Waals surface area contributed by atoms with Crippen LogP contribution in [0.25, 0.3) is 10.9 Å². The first-order valence-electron chi connectivity index (χ1n) is 7.18. The van der Waals surface area contributed by atoms with E-state index in [-0.39, 0.29) is 30.7 Å². The van der Waals surface area contributed by atoms with E-state index in [1.807, 2.05) is 24.3 Å². The summed E-state index contributed by atoms with van der Waals surface area (Å²) in [6.45, 7) is 4.44. The van der Waals surface area contributed by atoms with E-state index in [4.69, 9.17) is 4.74 Å². The Morgan fingerprint density at radius 3 is 2.61 bits per heavy atom. The highest BCUT2D eigenvalue weighted by Crippen LogP contribution is 2.19. The summed E-state index contributed by atoms with van der Waals surface area (Å²) in [4.78, 5) is 16.4. The van der Waals surface area contributed by atoms with Crippen molar-refractivity contribution in [2.45, 2.75) is 13.3 Å². The van der Waals surface area contributed by atoms with Gasteiger partial charge in [0, 0.05) is 18.5 Å². The van der Waals surface area contributed by atoms with E-state index in [0.717, 1.165) is 36.2 Å². The molecule has 1 aromatic carbocycles. The molecule has 2 rings (SSSR count). The second-order valence-corrected chi connectivity index (χ2v) is 4.76. The van der Waals surface area contributed by atoms with Crippen molar-refractivity contribution in [1.82, 2.24) is 15.6 Å². The Morgan fingerprint density at radius 2 is 1.91 bits per heavy atom. The van der Waals surface area contributed by atoms with Crippen molar-refractivity contribution in [3.63, 3.8) is 0 Å². The number of ether oxygens (including phenoxy) is 1. The van der Waals surface area contributed by atoms with Gasteiger partial charge in [0.05, 0.1) is 12.6 Å². The van der Waals surface area contributed by atoms with E-state index >= 15 is 0 Å². The summed E-state index contributed by atoms with van der Waals surface area (Å²) in [5.41, 5.74) is 1.22. The Kier molecular flexibility index (Phi) is 10.3. The third-order valence-electron chi connectivity index (χ3n) is 3.14. The normalized spacial score (nSPS) is 9.65. The molecule has 0 bridgehead atoms. The molecule has 7 heteroatoms. The molecule has 0 aliphatic rings. The van der Waals surface area contributed by atoms with Crippen molar-refractivity contribution in [3.8, 4) is 5.75 Å². The monoisotopic (exact) mass is 359 g/mol. The fourth-order valence-electron chi connectivity index (χ4n) is 2.01. The van der Waals surface area contributed by atoms with Gasteiger partial charge >= 0.3 is 0 Å². The van der Waals surface area contributed by atoms with Crippen molar-refractivity contribution in [2.24, 2.45) is 0 Å². The van der Waals surface area contributed by atoms with E-state index in [1.165, 1.54) is 0 Å². The van der Waals surface area contributed by atoms with Gasteiger partial charge in [-0.3, -0.25) is 4.79 Å². The number of pyridine rings is 1. The van der Waals surface area contributed by atoms with Crippen LogP contribution in [0, 0.1) is 0 Å². The van der Waals surface area contributed by atoms with Gasteiger partial charge in [0.25, 0.3) is 5.91 Å². The minimum absolute atomic E-state index is 0. The van der Waals surface area contributed by atoms with Crippen molar-refractivity contribution in [3.05, 3.63) is 36.0 Å². The van der Waals surface area contributed by atoms with E-state index in [2.05, 4.69) is 22.5 Å². The van der Waals surface area contributed by atoms with Gasteiger partial charge in [-0.15, -0.1) is 24.8 Å². The zero-order valence-corrected chi connectivity index (χ0v) is 14.9. The number of carbonyl (C=O) groups excluding carboxylic acids is 1. The van der Waals surface area contributed by atoms with Crippen LogP contribution in [0.1, 0.15) is 23.8 Å². The number of hydrogen-bond donors (Lipinski definition) is 2.